The van der Waals surface area contributed by atoms with Crippen molar-refractivity contribution in [3.8, 4) is 6.07 Å². The minimum Gasteiger partial charge on any atom is -0.340 e. The van der Waals surface area contributed by atoms with Gasteiger partial charge >= 0.3 is 0 Å². The maximum atomic E-state index is 11.8. The summed E-state index contributed by atoms with van der Waals surface area (Å²) in [5, 5.41) is 11.3. The van der Waals surface area contributed by atoms with Crippen LogP contribution in [0.15, 0.2) is 17.5 Å². The average Bonchev–Trinajstić information content (AvgIpc) is 2.95. The van der Waals surface area contributed by atoms with Gasteiger partial charge in [-0.2, -0.15) is 5.26 Å². The number of amides is 1. The van der Waals surface area contributed by atoms with E-state index in [0.29, 0.717) is 6.42 Å². The Labute approximate surface area is 118 Å². The Balaban J connectivity index is 1.92. The Morgan fingerprint density at radius 2 is 2.21 bits per heavy atom. The number of carbonyl (C=O) groups excluding carboxylic acids is 1. The molecule has 1 amide bonds. The Morgan fingerprint density at radius 1 is 1.47 bits per heavy atom. The van der Waals surface area contributed by atoms with Crippen molar-refractivity contribution in [3.05, 3.63) is 22.4 Å². The van der Waals surface area contributed by atoms with E-state index in [1.54, 1.807) is 11.3 Å². The van der Waals surface area contributed by atoms with E-state index >= 15 is 0 Å². The first-order chi connectivity index (χ1) is 9.26. The van der Waals surface area contributed by atoms with Crippen LogP contribution in [0.3, 0.4) is 0 Å². The van der Waals surface area contributed by atoms with Crippen molar-refractivity contribution in [2.24, 2.45) is 0 Å². The summed E-state index contributed by atoms with van der Waals surface area (Å²) in [5.74, 6) is 0.242. The largest absolute Gasteiger partial charge is 0.340 e. The third kappa shape index (κ3) is 3.34. The third-order valence-corrected chi connectivity index (χ3v) is 4.36. The van der Waals surface area contributed by atoms with Gasteiger partial charge < -0.3 is 4.90 Å². The van der Waals surface area contributed by atoms with E-state index in [1.807, 2.05) is 29.3 Å². The summed E-state index contributed by atoms with van der Waals surface area (Å²) in [6.07, 6.45) is 1.53. The second kappa shape index (κ2) is 6.69. The first kappa shape index (κ1) is 14.0. The SMILES string of the molecule is CCCC(=O)N1CCN(C(C#N)c2cccs2)CC1. The molecule has 2 heterocycles. The number of nitriles is 1. The lowest BCUT2D eigenvalue weighted by Gasteiger charge is -2.36. The van der Waals surface area contributed by atoms with E-state index in [1.165, 1.54) is 0 Å². The van der Waals surface area contributed by atoms with Gasteiger partial charge in [0, 0.05) is 37.5 Å². The molecule has 1 saturated heterocycles. The van der Waals surface area contributed by atoms with Crippen molar-refractivity contribution >= 4 is 17.2 Å². The summed E-state index contributed by atoms with van der Waals surface area (Å²) >= 11 is 1.62. The lowest BCUT2D eigenvalue weighted by Crippen LogP contribution is -2.49. The second-order valence-corrected chi connectivity index (χ2v) is 5.69. The van der Waals surface area contributed by atoms with Crippen molar-refractivity contribution in [2.45, 2.75) is 25.8 Å². The normalized spacial score (nSPS) is 18.0. The van der Waals surface area contributed by atoms with Crippen molar-refractivity contribution in [3.63, 3.8) is 0 Å². The van der Waals surface area contributed by atoms with Crippen molar-refractivity contribution in [1.82, 2.24) is 9.80 Å². The first-order valence-corrected chi connectivity index (χ1v) is 7.59. The van der Waals surface area contributed by atoms with Gasteiger partial charge in [0.1, 0.15) is 6.04 Å². The van der Waals surface area contributed by atoms with Crippen LogP contribution < -0.4 is 0 Å². The summed E-state index contributed by atoms with van der Waals surface area (Å²) < 4.78 is 0. The van der Waals surface area contributed by atoms with Crippen LogP contribution in [-0.4, -0.2) is 41.9 Å². The molecule has 1 aliphatic heterocycles. The van der Waals surface area contributed by atoms with Crippen LogP contribution in [0.5, 0.6) is 0 Å². The lowest BCUT2D eigenvalue weighted by atomic mass is 10.2. The van der Waals surface area contributed by atoms with Crippen LogP contribution >= 0.6 is 11.3 Å². The van der Waals surface area contributed by atoms with E-state index in [-0.39, 0.29) is 11.9 Å². The highest BCUT2D eigenvalue weighted by molar-refractivity contribution is 7.10. The van der Waals surface area contributed by atoms with E-state index in [4.69, 9.17) is 0 Å². The molecule has 1 atom stereocenters. The summed E-state index contributed by atoms with van der Waals surface area (Å²) in [7, 11) is 0. The predicted molar refractivity (Wildman–Crippen MR) is 75.7 cm³/mol. The fourth-order valence-electron chi connectivity index (χ4n) is 2.37. The molecule has 0 aromatic carbocycles. The number of hydrogen-bond acceptors (Lipinski definition) is 4. The van der Waals surface area contributed by atoms with E-state index in [9.17, 15) is 10.1 Å². The van der Waals surface area contributed by atoms with E-state index in [2.05, 4.69) is 11.0 Å². The predicted octanol–water partition coefficient (Wildman–Crippen LogP) is 2.26. The van der Waals surface area contributed by atoms with Crippen LogP contribution in [0.25, 0.3) is 0 Å². The van der Waals surface area contributed by atoms with Gasteiger partial charge in [-0.15, -0.1) is 11.3 Å². The Hall–Kier alpha value is -1.38. The molecule has 0 N–H and O–H groups in total. The van der Waals surface area contributed by atoms with Crippen LogP contribution in [-0.2, 0) is 4.79 Å². The van der Waals surface area contributed by atoms with Crippen molar-refractivity contribution in [1.29, 1.82) is 5.26 Å². The van der Waals surface area contributed by atoms with Gasteiger partial charge in [0.25, 0.3) is 0 Å². The minimum atomic E-state index is -0.163. The van der Waals surface area contributed by atoms with Crippen LogP contribution in [0, 0.1) is 11.3 Å². The van der Waals surface area contributed by atoms with Crippen molar-refractivity contribution in [2.75, 3.05) is 26.2 Å². The minimum absolute atomic E-state index is 0.163. The molecule has 0 saturated carbocycles. The quantitative estimate of drug-likeness (QED) is 0.848. The summed E-state index contributed by atoms with van der Waals surface area (Å²) in [6.45, 7) is 5.07. The fraction of sp³-hybridized carbons (Fsp3) is 0.571. The fourth-order valence-corrected chi connectivity index (χ4v) is 3.18. The maximum absolute atomic E-state index is 11.8. The zero-order chi connectivity index (χ0) is 13.7. The Morgan fingerprint density at radius 3 is 2.74 bits per heavy atom. The second-order valence-electron chi connectivity index (χ2n) is 4.71. The van der Waals surface area contributed by atoms with Crippen LogP contribution in [0.2, 0.25) is 0 Å². The van der Waals surface area contributed by atoms with Gasteiger partial charge in [-0.05, 0) is 17.9 Å². The molecular weight excluding hydrogens is 258 g/mol. The van der Waals surface area contributed by atoms with E-state index < -0.39 is 0 Å². The summed E-state index contributed by atoms with van der Waals surface area (Å²) in [4.78, 5) is 17.0. The standard InChI is InChI=1S/C14H19N3OS/c1-2-4-14(18)17-8-6-16(7-9-17)12(11-15)13-5-3-10-19-13/h3,5,10,12H,2,4,6-9H2,1H3. The molecule has 4 nitrogen and oxygen atoms in total. The van der Waals surface area contributed by atoms with Gasteiger partial charge in [-0.1, -0.05) is 13.0 Å². The van der Waals surface area contributed by atoms with Crippen LogP contribution in [0.1, 0.15) is 30.7 Å². The highest BCUT2D eigenvalue weighted by Crippen LogP contribution is 2.25. The molecule has 0 aliphatic carbocycles. The third-order valence-electron chi connectivity index (χ3n) is 3.43. The van der Waals surface area contributed by atoms with E-state index in [0.717, 1.165) is 37.5 Å². The highest BCUT2D eigenvalue weighted by atomic mass is 32.1. The molecule has 0 bridgehead atoms. The monoisotopic (exact) mass is 277 g/mol. The molecule has 0 spiro atoms. The number of thiophene rings is 1. The molecule has 1 fully saturated rings. The zero-order valence-electron chi connectivity index (χ0n) is 11.2. The molecule has 1 unspecified atom stereocenters. The van der Waals surface area contributed by atoms with Gasteiger partial charge in [0.2, 0.25) is 5.91 Å². The first-order valence-electron chi connectivity index (χ1n) is 6.71. The number of nitrogens with zero attached hydrogens (tertiary/aromatic N) is 3. The topological polar surface area (TPSA) is 47.3 Å². The molecule has 1 aromatic heterocycles. The maximum Gasteiger partial charge on any atom is 0.222 e. The molecule has 1 aliphatic rings. The molecule has 19 heavy (non-hydrogen) atoms. The molecule has 2 rings (SSSR count). The van der Waals surface area contributed by atoms with Gasteiger partial charge in [-0.25, -0.2) is 0 Å². The Bertz CT molecular complexity index is 444. The number of hydrogen-bond donors (Lipinski definition) is 0. The van der Waals surface area contributed by atoms with Gasteiger partial charge in [-0.3, -0.25) is 9.69 Å². The van der Waals surface area contributed by atoms with Crippen LogP contribution in [0.4, 0.5) is 0 Å². The number of piperazine rings is 1. The molecular formula is C14H19N3OS. The van der Waals surface area contributed by atoms with Gasteiger partial charge in [0.15, 0.2) is 0 Å². The summed E-state index contributed by atoms with van der Waals surface area (Å²) in [5.41, 5.74) is 0. The zero-order valence-corrected chi connectivity index (χ0v) is 12.0. The average molecular weight is 277 g/mol. The molecule has 102 valence electrons. The highest BCUT2D eigenvalue weighted by Gasteiger charge is 2.26. The Kier molecular flexibility index (Phi) is 4.94. The smallest absolute Gasteiger partial charge is 0.222 e. The number of rotatable bonds is 4. The number of carbonyl (C=O) groups is 1. The van der Waals surface area contributed by atoms with Gasteiger partial charge in [0.05, 0.1) is 6.07 Å². The summed E-state index contributed by atoms with van der Waals surface area (Å²) in [6, 6.07) is 6.20. The molecule has 0 radical (unpaired) electrons. The molecule has 5 heteroatoms. The van der Waals surface area contributed by atoms with Crippen molar-refractivity contribution < 1.29 is 4.79 Å². The lowest BCUT2D eigenvalue weighted by molar-refractivity contribution is -0.133. The molecule has 1 aromatic rings.